The van der Waals surface area contributed by atoms with Crippen LogP contribution in [0.1, 0.15) is 27.7 Å². The van der Waals surface area contributed by atoms with Crippen molar-refractivity contribution in [3.63, 3.8) is 0 Å². The zero-order valence-electron chi connectivity index (χ0n) is 9.84. The molecule has 0 bridgehead atoms. The second kappa shape index (κ2) is 4.37. The third kappa shape index (κ3) is 2.50. The topological polar surface area (TPSA) is 69.9 Å². The van der Waals surface area contributed by atoms with Crippen LogP contribution in [-0.4, -0.2) is 46.3 Å². The Balaban J connectivity index is 2.90. The van der Waals surface area contributed by atoms with Gasteiger partial charge in [-0.15, -0.1) is 0 Å². The molecule has 90 valence electrons. The summed E-state index contributed by atoms with van der Waals surface area (Å²) in [6, 6.07) is 0. The molecular weight excluding hydrogens is 196 g/mol. The van der Waals surface area contributed by atoms with Gasteiger partial charge < -0.3 is 20.1 Å². The molecule has 15 heavy (non-hydrogen) atoms. The standard InChI is InChI=1S/C11H22O4/c1-6-9(13)10(14)8(11(2,3)4)7(5-12)15-6/h6-10,12-14H,5H2,1-4H3. The van der Waals surface area contributed by atoms with Gasteiger partial charge >= 0.3 is 0 Å². The van der Waals surface area contributed by atoms with Crippen LogP contribution in [0.25, 0.3) is 0 Å². The molecule has 4 nitrogen and oxygen atoms in total. The largest absolute Gasteiger partial charge is 0.394 e. The molecular formula is C11H22O4. The van der Waals surface area contributed by atoms with E-state index in [2.05, 4.69) is 0 Å². The Hall–Kier alpha value is -0.160. The summed E-state index contributed by atoms with van der Waals surface area (Å²) < 4.78 is 5.50. The normalized spacial score (nSPS) is 43.0. The first-order chi connectivity index (χ1) is 6.79. The van der Waals surface area contributed by atoms with E-state index in [0.717, 1.165) is 0 Å². The lowest BCUT2D eigenvalue weighted by Gasteiger charge is -2.47. The van der Waals surface area contributed by atoms with E-state index in [9.17, 15) is 15.3 Å². The maximum Gasteiger partial charge on any atom is 0.106 e. The second-order valence-corrected chi connectivity index (χ2v) is 5.44. The lowest BCUT2D eigenvalue weighted by molar-refractivity contribution is -0.222. The van der Waals surface area contributed by atoms with Crippen LogP contribution in [0.15, 0.2) is 0 Å². The Morgan fingerprint density at radius 3 is 2.07 bits per heavy atom. The van der Waals surface area contributed by atoms with E-state index in [4.69, 9.17) is 4.74 Å². The Kier molecular flexibility index (Phi) is 3.76. The second-order valence-electron chi connectivity index (χ2n) is 5.44. The SMILES string of the molecule is CC1OC(CO)C(C(C)(C)C)C(O)C1O. The van der Waals surface area contributed by atoms with Gasteiger partial charge in [0.05, 0.1) is 24.9 Å². The van der Waals surface area contributed by atoms with Gasteiger partial charge in [0, 0.05) is 5.92 Å². The fraction of sp³-hybridized carbons (Fsp3) is 1.00. The molecule has 5 atom stereocenters. The molecule has 1 rings (SSSR count). The molecule has 1 heterocycles. The Bertz CT molecular complexity index is 209. The number of aliphatic hydroxyl groups is 3. The van der Waals surface area contributed by atoms with E-state index in [1.54, 1.807) is 6.92 Å². The molecule has 0 amide bonds. The molecule has 0 aliphatic carbocycles. The molecule has 1 saturated heterocycles. The number of aliphatic hydroxyl groups excluding tert-OH is 3. The first-order valence-electron chi connectivity index (χ1n) is 5.41. The van der Waals surface area contributed by atoms with Gasteiger partial charge in [-0.2, -0.15) is 0 Å². The number of rotatable bonds is 1. The van der Waals surface area contributed by atoms with Gasteiger partial charge in [0.2, 0.25) is 0 Å². The van der Waals surface area contributed by atoms with Crippen LogP contribution in [0.5, 0.6) is 0 Å². The van der Waals surface area contributed by atoms with Crippen molar-refractivity contribution in [2.75, 3.05) is 6.61 Å². The smallest absolute Gasteiger partial charge is 0.106 e. The minimum absolute atomic E-state index is 0.129. The van der Waals surface area contributed by atoms with Gasteiger partial charge in [0.25, 0.3) is 0 Å². The molecule has 0 aromatic rings. The summed E-state index contributed by atoms with van der Waals surface area (Å²) >= 11 is 0. The quantitative estimate of drug-likeness (QED) is 0.586. The van der Waals surface area contributed by atoms with Crippen LogP contribution in [0.2, 0.25) is 0 Å². The van der Waals surface area contributed by atoms with Crippen LogP contribution in [-0.2, 0) is 4.74 Å². The average Bonchev–Trinajstić information content (AvgIpc) is 2.11. The molecule has 3 N–H and O–H groups in total. The summed E-state index contributed by atoms with van der Waals surface area (Å²) in [7, 11) is 0. The molecule has 5 unspecified atom stereocenters. The first kappa shape index (κ1) is 12.9. The third-order valence-electron chi connectivity index (χ3n) is 3.17. The van der Waals surface area contributed by atoms with Crippen molar-refractivity contribution in [3.8, 4) is 0 Å². The summed E-state index contributed by atoms with van der Waals surface area (Å²) in [6.07, 6.45) is -2.56. The predicted molar refractivity (Wildman–Crippen MR) is 56.4 cm³/mol. The average molecular weight is 218 g/mol. The maximum absolute atomic E-state index is 10.0. The number of ether oxygens (including phenoxy) is 1. The van der Waals surface area contributed by atoms with E-state index in [1.807, 2.05) is 20.8 Å². The number of hydrogen-bond acceptors (Lipinski definition) is 4. The van der Waals surface area contributed by atoms with Crippen molar-refractivity contribution in [1.29, 1.82) is 0 Å². The number of hydrogen-bond donors (Lipinski definition) is 3. The maximum atomic E-state index is 10.0. The van der Waals surface area contributed by atoms with Gasteiger partial charge in [-0.1, -0.05) is 20.8 Å². The van der Waals surface area contributed by atoms with E-state index >= 15 is 0 Å². The van der Waals surface area contributed by atoms with Crippen molar-refractivity contribution < 1.29 is 20.1 Å². The van der Waals surface area contributed by atoms with Gasteiger partial charge in [-0.25, -0.2) is 0 Å². The predicted octanol–water partition coefficient (Wildman–Crippen LogP) is 0.150. The van der Waals surface area contributed by atoms with E-state index in [0.29, 0.717) is 0 Å². The molecule has 0 aromatic heterocycles. The van der Waals surface area contributed by atoms with Crippen LogP contribution in [0, 0.1) is 11.3 Å². The Morgan fingerprint density at radius 2 is 1.67 bits per heavy atom. The van der Waals surface area contributed by atoms with Crippen molar-refractivity contribution >= 4 is 0 Å². The summed E-state index contributed by atoms with van der Waals surface area (Å²) in [4.78, 5) is 0. The molecule has 0 spiro atoms. The fourth-order valence-corrected chi connectivity index (χ4v) is 2.38. The molecule has 1 aliphatic rings. The van der Waals surface area contributed by atoms with E-state index in [-0.39, 0.29) is 17.9 Å². The van der Waals surface area contributed by atoms with Crippen molar-refractivity contribution in [3.05, 3.63) is 0 Å². The van der Waals surface area contributed by atoms with Crippen molar-refractivity contribution in [1.82, 2.24) is 0 Å². The summed E-state index contributed by atoms with van der Waals surface area (Å²) in [5.74, 6) is -0.256. The molecule has 0 radical (unpaired) electrons. The highest BCUT2D eigenvalue weighted by Crippen LogP contribution is 2.38. The molecule has 1 aliphatic heterocycles. The Labute approximate surface area is 90.9 Å². The monoisotopic (exact) mass is 218 g/mol. The highest BCUT2D eigenvalue weighted by atomic mass is 16.5. The van der Waals surface area contributed by atoms with Crippen LogP contribution < -0.4 is 0 Å². The lowest BCUT2D eigenvalue weighted by atomic mass is 9.71. The Morgan fingerprint density at radius 1 is 1.13 bits per heavy atom. The van der Waals surface area contributed by atoms with Gasteiger partial charge in [0.1, 0.15) is 6.10 Å². The van der Waals surface area contributed by atoms with Crippen LogP contribution in [0.4, 0.5) is 0 Å². The van der Waals surface area contributed by atoms with Gasteiger partial charge in [-0.05, 0) is 12.3 Å². The van der Waals surface area contributed by atoms with Crippen LogP contribution in [0.3, 0.4) is 0 Å². The van der Waals surface area contributed by atoms with Gasteiger partial charge in [0.15, 0.2) is 0 Å². The van der Waals surface area contributed by atoms with E-state index in [1.165, 1.54) is 0 Å². The molecule has 0 saturated carbocycles. The molecule has 1 fully saturated rings. The third-order valence-corrected chi connectivity index (χ3v) is 3.17. The highest BCUT2D eigenvalue weighted by Gasteiger charge is 2.47. The highest BCUT2D eigenvalue weighted by molar-refractivity contribution is 4.95. The molecule has 4 heteroatoms. The summed E-state index contributed by atoms with van der Waals surface area (Å²) in [5, 5.41) is 29.0. The zero-order valence-corrected chi connectivity index (χ0v) is 9.84. The van der Waals surface area contributed by atoms with Crippen molar-refractivity contribution in [2.24, 2.45) is 11.3 Å². The van der Waals surface area contributed by atoms with Gasteiger partial charge in [-0.3, -0.25) is 0 Å². The fourth-order valence-electron chi connectivity index (χ4n) is 2.38. The van der Waals surface area contributed by atoms with Crippen molar-refractivity contribution in [2.45, 2.75) is 52.1 Å². The van der Waals surface area contributed by atoms with E-state index < -0.39 is 24.4 Å². The summed E-state index contributed by atoms with van der Waals surface area (Å²) in [6.45, 7) is 7.48. The minimum Gasteiger partial charge on any atom is -0.394 e. The summed E-state index contributed by atoms with van der Waals surface area (Å²) in [5.41, 5.74) is -0.214. The minimum atomic E-state index is -0.878. The lowest BCUT2D eigenvalue weighted by Crippen LogP contribution is -2.58. The first-order valence-corrected chi connectivity index (χ1v) is 5.41. The zero-order chi connectivity index (χ0) is 11.8. The van der Waals surface area contributed by atoms with Crippen LogP contribution >= 0.6 is 0 Å². The molecule has 0 aromatic carbocycles.